The zero-order chi connectivity index (χ0) is 13.6. The fourth-order valence-corrected chi connectivity index (χ4v) is 3.47. The number of aromatic nitrogens is 3. The molecule has 4 heteroatoms. The van der Waals surface area contributed by atoms with Crippen LogP contribution < -0.4 is 0 Å². The van der Waals surface area contributed by atoms with E-state index >= 15 is 0 Å². The fourth-order valence-electron chi connectivity index (χ4n) is 3.07. The summed E-state index contributed by atoms with van der Waals surface area (Å²) in [6, 6.07) is 12.6. The lowest BCUT2D eigenvalue weighted by Gasteiger charge is -2.41. The van der Waals surface area contributed by atoms with E-state index in [4.69, 9.17) is 5.10 Å². The molecule has 20 heavy (non-hydrogen) atoms. The molecule has 1 aromatic carbocycles. The molecule has 2 heterocycles. The fraction of sp³-hybridized carbons (Fsp3) is 0.250. The van der Waals surface area contributed by atoms with Crippen LogP contribution in [0.2, 0.25) is 0 Å². The minimum absolute atomic E-state index is 0.0669. The van der Waals surface area contributed by atoms with Gasteiger partial charge in [-0.1, -0.05) is 34.5 Å². The molecular weight excluding hydrogens is 314 g/mol. The third-order valence-electron chi connectivity index (χ3n) is 4.31. The molecule has 0 aliphatic heterocycles. The molecule has 0 atom stereocenters. The van der Waals surface area contributed by atoms with E-state index in [1.54, 1.807) is 0 Å². The molecule has 1 saturated carbocycles. The summed E-state index contributed by atoms with van der Waals surface area (Å²) in [7, 11) is 0. The van der Waals surface area contributed by atoms with Crippen LogP contribution in [-0.4, -0.2) is 14.6 Å². The average Bonchev–Trinajstić information content (AvgIpc) is 2.81. The Morgan fingerprint density at radius 2 is 2.05 bits per heavy atom. The van der Waals surface area contributed by atoms with Crippen molar-refractivity contribution in [3.8, 4) is 0 Å². The van der Waals surface area contributed by atoms with Gasteiger partial charge in [-0.3, -0.25) is 0 Å². The van der Waals surface area contributed by atoms with E-state index in [1.807, 2.05) is 23.0 Å². The molecule has 1 aliphatic rings. The minimum Gasteiger partial charge on any atom is -0.237 e. The van der Waals surface area contributed by atoms with E-state index in [1.165, 1.54) is 12.0 Å². The Kier molecular flexibility index (Phi) is 2.67. The highest BCUT2D eigenvalue weighted by Crippen LogP contribution is 2.48. The normalized spacial score (nSPS) is 17.1. The molecule has 100 valence electrons. The Bertz CT molecular complexity index is 741. The molecule has 3 nitrogen and oxygen atoms in total. The topological polar surface area (TPSA) is 30.2 Å². The molecule has 0 radical (unpaired) electrons. The second-order valence-electron chi connectivity index (χ2n) is 5.40. The van der Waals surface area contributed by atoms with Crippen LogP contribution in [0.15, 0.2) is 53.3 Å². The van der Waals surface area contributed by atoms with Gasteiger partial charge in [0.2, 0.25) is 0 Å². The quantitative estimate of drug-likeness (QED) is 0.713. The maximum Gasteiger partial charge on any atom is 0.155 e. The average molecular weight is 328 g/mol. The summed E-state index contributed by atoms with van der Waals surface area (Å²) in [6.07, 6.45) is 7.35. The van der Waals surface area contributed by atoms with Crippen LogP contribution in [-0.2, 0) is 5.41 Å². The summed E-state index contributed by atoms with van der Waals surface area (Å²) in [4.78, 5) is 4.38. The monoisotopic (exact) mass is 327 g/mol. The van der Waals surface area contributed by atoms with Crippen LogP contribution >= 0.6 is 15.9 Å². The second kappa shape index (κ2) is 4.42. The summed E-state index contributed by atoms with van der Waals surface area (Å²) in [6.45, 7) is 0. The number of benzene rings is 1. The zero-order valence-corrected chi connectivity index (χ0v) is 12.5. The molecular formula is C16H14BrN3. The predicted molar refractivity (Wildman–Crippen MR) is 81.8 cm³/mol. The van der Waals surface area contributed by atoms with Crippen molar-refractivity contribution in [1.29, 1.82) is 0 Å². The molecule has 0 N–H and O–H groups in total. The lowest BCUT2D eigenvalue weighted by Crippen LogP contribution is -2.35. The highest BCUT2D eigenvalue weighted by molar-refractivity contribution is 9.10. The van der Waals surface area contributed by atoms with Crippen molar-refractivity contribution in [2.45, 2.75) is 24.7 Å². The molecule has 1 aliphatic carbocycles. The Morgan fingerprint density at radius 3 is 2.75 bits per heavy atom. The number of nitrogens with zero attached hydrogens (tertiary/aromatic N) is 3. The van der Waals surface area contributed by atoms with Crippen LogP contribution in [0.5, 0.6) is 0 Å². The van der Waals surface area contributed by atoms with Crippen molar-refractivity contribution >= 4 is 21.6 Å². The predicted octanol–water partition coefficient (Wildman–Crippen LogP) is 3.96. The molecule has 3 aromatic rings. The summed E-state index contributed by atoms with van der Waals surface area (Å²) in [5.74, 6) is 0. The largest absolute Gasteiger partial charge is 0.237 e. The van der Waals surface area contributed by atoms with Crippen LogP contribution in [0.4, 0.5) is 0 Å². The lowest BCUT2D eigenvalue weighted by atomic mass is 9.62. The highest BCUT2D eigenvalue weighted by atomic mass is 79.9. The third-order valence-corrected chi connectivity index (χ3v) is 4.80. The molecule has 1 fully saturated rings. The van der Waals surface area contributed by atoms with Gasteiger partial charge in [-0.15, -0.1) is 0 Å². The number of hydrogen-bond donors (Lipinski definition) is 0. The van der Waals surface area contributed by atoms with Gasteiger partial charge in [-0.05, 0) is 36.6 Å². The Labute approximate surface area is 125 Å². The Hall–Kier alpha value is -1.68. The van der Waals surface area contributed by atoms with Gasteiger partial charge in [-0.25, -0.2) is 9.50 Å². The standard InChI is InChI=1S/C16H14BrN3/c17-13-5-1-4-12(10-13)16(6-2-7-16)14-11-15-18-8-3-9-20(15)19-14/h1,3-5,8-11H,2,6-7H2. The van der Waals surface area contributed by atoms with Crippen LogP contribution in [0.25, 0.3) is 5.65 Å². The Morgan fingerprint density at radius 1 is 1.15 bits per heavy atom. The minimum atomic E-state index is 0.0669. The van der Waals surface area contributed by atoms with E-state index in [-0.39, 0.29) is 5.41 Å². The second-order valence-corrected chi connectivity index (χ2v) is 6.31. The van der Waals surface area contributed by atoms with E-state index in [0.717, 1.165) is 28.7 Å². The van der Waals surface area contributed by atoms with Crippen molar-refractivity contribution < 1.29 is 0 Å². The highest BCUT2D eigenvalue weighted by Gasteiger charge is 2.42. The molecule has 0 bridgehead atoms. The van der Waals surface area contributed by atoms with Crippen molar-refractivity contribution in [3.63, 3.8) is 0 Å². The summed E-state index contributed by atoms with van der Waals surface area (Å²) in [5, 5.41) is 4.75. The molecule has 0 amide bonds. The smallest absolute Gasteiger partial charge is 0.155 e. The van der Waals surface area contributed by atoms with Gasteiger partial charge in [0.25, 0.3) is 0 Å². The molecule has 0 spiro atoms. The van der Waals surface area contributed by atoms with E-state index in [0.29, 0.717) is 0 Å². The first kappa shape index (κ1) is 12.1. The van der Waals surface area contributed by atoms with Crippen molar-refractivity contribution in [2.75, 3.05) is 0 Å². The van der Waals surface area contributed by atoms with Crippen LogP contribution in [0, 0.1) is 0 Å². The number of fused-ring (bicyclic) bond motifs is 1. The van der Waals surface area contributed by atoms with E-state index in [2.05, 4.69) is 51.2 Å². The SMILES string of the molecule is Brc1cccc(C2(c3cc4ncccn4n3)CCC2)c1. The van der Waals surface area contributed by atoms with Gasteiger partial charge >= 0.3 is 0 Å². The van der Waals surface area contributed by atoms with Gasteiger partial charge in [0.1, 0.15) is 0 Å². The first-order chi connectivity index (χ1) is 9.78. The van der Waals surface area contributed by atoms with Gasteiger partial charge in [0, 0.05) is 28.3 Å². The van der Waals surface area contributed by atoms with Gasteiger partial charge in [0.05, 0.1) is 5.69 Å². The molecule has 4 rings (SSSR count). The van der Waals surface area contributed by atoms with Crippen molar-refractivity contribution in [1.82, 2.24) is 14.6 Å². The van der Waals surface area contributed by atoms with Crippen LogP contribution in [0.3, 0.4) is 0 Å². The maximum atomic E-state index is 4.75. The zero-order valence-electron chi connectivity index (χ0n) is 11.0. The Balaban J connectivity index is 1.88. The summed E-state index contributed by atoms with van der Waals surface area (Å²) in [5.41, 5.74) is 3.48. The molecule has 2 aromatic heterocycles. The van der Waals surface area contributed by atoms with Crippen LogP contribution in [0.1, 0.15) is 30.5 Å². The summed E-state index contributed by atoms with van der Waals surface area (Å²) < 4.78 is 3.00. The number of rotatable bonds is 2. The van der Waals surface area contributed by atoms with Gasteiger partial charge < -0.3 is 0 Å². The third kappa shape index (κ3) is 1.71. The van der Waals surface area contributed by atoms with Crippen molar-refractivity contribution in [3.05, 3.63) is 64.5 Å². The lowest BCUT2D eigenvalue weighted by molar-refractivity contribution is 0.292. The van der Waals surface area contributed by atoms with E-state index in [9.17, 15) is 0 Å². The van der Waals surface area contributed by atoms with E-state index < -0.39 is 0 Å². The first-order valence-corrected chi connectivity index (χ1v) is 7.64. The summed E-state index contributed by atoms with van der Waals surface area (Å²) >= 11 is 3.58. The molecule has 0 unspecified atom stereocenters. The first-order valence-electron chi connectivity index (χ1n) is 6.85. The van der Waals surface area contributed by atoms with Crippen molar-refractivity contribution in [2.24, 2.45) is 0 Å². The maximum absolute atomic E-state index is 4.75. The molecule has 0 saturated heterocycles. The number of hydrogen-bond acceptors (Lipinski definition) is 2. The number of halogens is 1. The van der Waals surface area contributed by atoms with Gasteiger partial charge in [-0.2, -0.15) is 5.10 Å². The van der Waals surface area contributed by atoms with Gasteiger partial charge in [0.15, 0.2) is 5.65 Å².